The number of amides is 1. The Morgan fingerprint density at radius 3 is 2.75 bits per heavy atom. The molecule has 1 aliphatic heterocycles. The lowest BCUT2D eigenvalue weighted by molar-refractivity contribution is 0.0292. The van der Waals surface area contributed by atoms with E-state index in [1.807, 2.05) is 39.8 Å². The van der Waals surface area contributed by atoms with Crippen molar-refractivity contribution in [1.29, 1.82) is 0 Å². The van der Waals surface area contributed by atoms with Gasteiger partial charge in [0.2, 0.25) is 0 Å². The first-order valence-corrected chi connectivity index (χ1v) is 7.66. The van der Waals surface area contributed by atoms with Crippen molar-refractivity contribution in [2.75, 3.05) is 13.1 Å². The summed E-state index contributed by atoms with van der Waals surface area (Å²) >= 11 is 3.46. The molecule has 1 atom stereocenters. The molecular formula is C15H21BrN2O2. The fourth-order valence-electron chi connectivity index (χ4n) is 2.28. The molecule has 20 heavy (non-hydrogen) atoms. The normalized spacial score (nSPS) is 19.2. The number of carbonyl (C=O) groups excluding carboxylic acids is 1. The number of rotatable bonds is 1. The van der Waals surface area contributed by atoms with Gasteiger partial charge in [0.25, 0.3) is 0 Å². The predicted molar refractivity (Wildman–Crippen MR) is 81.8 cm³/mol. The van der Waals surface area contributed by atoms with E-state index in [0.29, 0.717) is 12.5 Å². The number of hydrogen-bond donors (Lipinski definition) is 0. The average Bonchev–Trinajstić information content (AvgIpc) is 2.80. The lowest BCUT2D eigenvalue weighted by Gasteiger charge is -2.24. The van der Waals surface area contributed by atoms with Gasteiger partial charge in [-0.05, 0) is 62.2 Å². The number of likely N-dealkylation sites (tertiary alicyclic amines) is 1. The van der Waals surface area contributed by atoms with Gasteiger partial charge in [0.15, 0.2) is 0 Å². The Labute approximate surface area is 128 Å². The van der Waals surface area contributed by atoms with Crippen LogP contribution in [-0.2, 0) is 4.74 Å². The third-order valence-corrected chi connectivity index (χ3v) is 4.14. The van der Waals surface area contributed by atoms with Crippen LogP contribution in [0.1, 0.15) is 44.5 Å². The van der Waals surface area contributed by atoms with Gasteiger partial charge in [-0.15, -0.1) is 0 Å². The summed E-state index contributed by atoms with van der Waals surface area (Å²) in [6.07, 6.45) is 0.710. The number of aromatic nitrogens is 1. The van der Waals surface area contributed by atoms with Gasteiger partial charge >= 0.3 is 6.09 Å². The molecule has 110 valence electrons. The third kappa shape index (κ3) is 3.72. The summed E-state index contributed by atoms with van der Waals surface area (Å²) in [7, 11) is 0. The van der Waals surface area contributed by atoms with E-state index in [0.717, 1.165) is 28.8 Å². The number of aryl methyl sites for hydroxylation is 1. The molecule has 0 saturated carbocycles. The van der Waals surface area contributed by atoms with Gasteiger partial charge in [0.1, 0.15) is 5.60 Å². The smallest absolute Gasteiger partial charge is 0.410 e. The van der Waals surface area contributed by atoms with Gasteiger partial charge in [-0.25, -0.2) is 4.79 Å². The molecule has 2 heterocycles. The predicted octanol–water partition coefficient (Wildman–Crippen LogP) is 3.88. The van der Waals surface area contributed by atoms with Crippen LogP contribution >= 0.6 is 15.9 Å². The largest absolute Gasteiger partial charge is 0.444 e. The molecule has 5 heteroatoms. The highest BCUT2D eigenvalue weighted by Gasteiger charge is 2.31. The minimum atomic E-state index is -0.443. The van der Waals surface area contributed by atoms with Crippen molar-refractivity contribution in [1.82, 2.24) is 9.88 Å². The molecule has 0 spiro atoms. The van der Waals surface area contributed by atoms with Gasteiger partial charge < -0.3 is 9.64 Å². The van der Waals surface area contributed by atoms with Crippen LogP contribution in [0, 0.1) is 6.92 Å². The van der Waals surface area contributed by atoms with E-state index < -0.39 is 5.60 Å². The third-order valence-electron chi connectivity index (χ3n) is 3.30. The van der Waals surface area contributed by atoms with E-state index in [1.54, 1.807) is 4.90 Å². The Bertz CT molecular complexity index is 511. The van der Waals surface area contributed by atoms with E-state index in [9.17, 15) is 4.79 Å². The molecule has 0 radical (unpaired) electrons. The van der Waals surface area contributed by atoms with Crippen molar-refractivity contribution in [3.63, 3.8) is 0 Å². The minimum Gasteiger partial charge on any atom is -0.444 e. The number of ether oxygens (including phenoxy) is 1. The van der Waals surface area contributed by atoms with Gasteiger partial charge in [-0.2, -0.15) is 0 Å². The summed E-state index contributed by atoms with van der Waals surface area (Å²) in [4.78, 5) is 18.4. The number of carbonyl (C=O) groups is 1. The summed E-state index contributed by atoms with van der Waals surface area (Å²) in [5, 5.41) is 0. The number of pyridine rings is 1. The van der Waals surface area contributed by atoms with Crippen molar-refractivity contribution < 1.29 is 9.53 Å². The highest BCUT2D eigenvalue weighted by Crippen LogP contribution is 2.28. The number of halogens is 1. The van der Waals surface area contributed by atoms with Crippen LogP contribution in [0.5, 0.6) is 0 Å². The maximum Gasteiger partial charge on any atom is 0.410 e. The zero-order valence-electron chi connectivity index (χ0n) is 12.4. The SMILES string of the molecule is Cc1nc(C2CCN(C(=O)OC(C)(C)C)C2)ccc1Br. The highest BCUT2D eigenvalue weighted by atomic mass is 79.9. The minimum absolute atomic E-state index is 0.228. The molecule has 2 rings (SSSR count). The van der Waals surface area contributed by atoms with Crippen molar-refractivity contribution in [2.24, 2.45) is 0 Å². The second-order valence-corrected chi connectivity index (χ2v) is 7.07. The summed E-state index contributed by atoms with van der Waals surface area (Å²) in [6.45, 7) is 9.06. The van der Waals surface area contributed by atoms with E-state index in [1.165, 1.54) is 0 Å². The second-order valence-electron chi connectivity index (χ2n) is 6.22. The van der Waals surface area contributed by atoms with E-state index in [2.05, 4.69) is 20.9 Å². The van der Waals surface area contributed by atoms with Crippen LogP contribution in [0.25, 0.3) is 0 Å². The molecule has 1 aliphatic rings. The second kappa shape index (κ2) is 5.72. The molecule has 1 aromatic rings. The van der Waals surface area contributed by atoms with Crippen LogP contribution in [0.4, 0.5) is 4.79 Å². The monoisotopic (exact) mass is 340 g/mol. The fourth-order valence-corrected chi connectivity index (χ4v) is 2.51. The Hall–Kier alpha value is -1.10. The van der Waals surface area contributed by atoms with Gasteiger partial charge in [0.05, 0.1) is 5.69 Å². The van der Waals surface area contributed by atoms with Gasteiger partial charge in [-0.1, -0.05) is 0 Å². The highest BCUT2D eigenvalue weighted by molar-refractivity contribution is 9.10. The lowest BCUT2D eigenvalue weighted by atomic mass is 10.0. The fraction of sp³-hybridized carbons (Fsp3) is 0.600. The van der Waals surface area contributed by atoms with E-state index in [4.69, 9.17) is 4.74 Å². The van der Waals surface area contributed by atoms with Crippen molar-refractivity contribution in [2.45, 2.75) is 45.6 Å². The standard InChI is InChI=1S/C15H21BrN2O2/c1-10-12(16)5-6-13(17-10)11-7-8-18(9-11)14(19)20-15(2,3)4/h5-6,11H,7-9H2,1-4H3. The molecule has 0 aromatic carbocycles. The summed E-state index contributed by atoms with van der Waals surface area (Å²) in [6, 6.07) is 4.05. The molecule has 0 N–H and O–H groups in total. The topological polar surface area (TPSA) is 42.4 Å². The maximum atomic E-state index is 12.0. The quantitative estimate of drug-likeness (QED) is 0.779. The zero-order valence-corrected chi connectivity index (χ0v) is 14.0. The molecular weight excluding hydrogens is 320 g/mol. The average molecular weight is 341 g/mol. The molecule has 4 nitrogen and oxygen atoms in total. The van der Waals surface area contributed by atoms with E-state index in [-0.39, 0.29) is 6.09 Å². The molecule has 1 unspecified atom stereocenters. The number of nitrogens with zero attached hydrogens (tertiary/aromatic N) is 2. The Morgan fingerprint density at radius 2 is 2.15 bits per heavy atom. The molecule has 1 amide bonds. The Kier molecular flexibility index (Phi) is 4.37. The zero-order chi connectivity index (χ0) is 14.9. The van der Waals surface area contributed by atoms with E-state index >= 15 is 0 Å². The van der Waals surface area contributed by atoms with Crippen LogP contribution in [0.3, 0.4) is 0 Å². The maximum absolute atomic E-state index is 12.0. The van der Waals surface area contributed by atoms with Gasteiger partial charge in [-0.3, -0.25) is 4.98 Å². The Morgan fingerprint density at radius 1 is 1.45 bits per heavy atom. The van der Waals surface area contributed by atoms with Crippen molar-refractivity contribution in [3.05, 3.63) is 28.0 Å². The first kappa shape index (κ1) is 15.3. The summed E-state index contributed by atoms with van der Waals surface area (Å²) < 4.78 is 6.42. The molecule has 0 bridgehead atoms. The molecule has 1 fully saturated rings. The number of hydrogen-bond acceptors (Lipinski definition) is 3. The van der Waals surface area contributed by atoms with Gasteiger partial charge in [0, 0.05) is 29.2 Å². The summed E-state index contributed by atoms with van der Waals surface area (Å²) in [5.74, 6) is 0.300. The molecule has 0 aliphatic carbocycles. The molecule has 1 aromatic heterocycles. The van der Waals surface area contributed by atoms with Crippen LogP contribution in [-0.4, -0.2) is 34.7 Å². The first-order valence-electron chi connectivity index (χ1n) is 6.87. The first-order chi connectivity index (χ1) is 9.26. The van der Waals surface area contributed by atoms with Crippen LogP contribution in [0.2, 0.25) is 0 Å². The van der Waals surface area contributed by atoms with Crippen molar-refractivity contribution in [3.8, 4) is 0 Å². The molecule has 1 saturated heterocycles. The Balaban J connectivity index is 2.01. The lowest BCUT2D eigenvalue weighted by Crippen LogP contribution is -2.35. The van der Waals surface area contributed by atoms with Crippen LogP contribution < -0.4 is 0 Å². The summed E-state index contributed by atoms with van der Waals surface area (Å²) in [5.41, 5.74) is 1.59. The van der Waals surface area contributed by atoms with Crippen molar-refractivity contribution >= 4 is 22.0 Å². The van der Waals surface area contributed by atoms with Crippen LogP contribution in [0.15, 0.2) is 16.6 Å².